The summed E-state index contributed by atoms with van der Waals surface area (Å²) in [4.78, 5) is 13.4. The molecule has 0 unspecified atom stereocenters. The Balaban J connectivity index is 1.61. The van der Waals surface area contributed by atoms with Crippen molar-refractivity contribution in [2.75, 3.05) is 5.32 Å². The van der Waals surface area contributed by atoms with E-state index in [0.717, 1.165) is 35.4 Å². The number of nitriles is 1. The predicted molar refractivity (Wildman–Crippen MR) is 124 cm³/mol. The Hall–Kier alpha value is -2.49. The molecule has 0 fully saturated rings. The van der Waals surface area contributed by atoms with Gasteiger partial charge in [0.1, 0.15) is 11.1 Å². The highest BCUT2D eigenvalue weighted by atomic mass is 32.1. The number of benzene rings is 1. The van der Waals surface area contributed by atoms with Gasteiger partial charge in [0.2, 0.25) is 5.91 Å². The number of thiocarbonyl (C=S) groups is 1. The molecule has 3 rings (SSSR count). The summed E-state index contributed by atoms with van der Waals surface area (Å²) in [6.45, 7) is 6.53. The standard InChI is InChI=1S/C23H25N3OS2/c1-14(2)17-8-5-16(6-9-17)7-11-21(27)25-23(28)26-22-19(13-24)18-10-4-15(3)12-20(18)29-22/h5-9,11,14-15H,4,10,12H2,1-3H3,(H2,25,26,27,28)/b11-7+/t15-/m0/s1. The second-order valence-electron chi connectivity index (χ2n) is 7.77. The first-order valence-electron chi connectivity index (χ1n) is 9.82. The maximum Gasteiger partial charge on any atom is 0.250 e. The van der Waals surface area contributed by atoms with Crippen molar-refractivity contribution in [1.82, 2.24) is 5.32 Å². The van der Waals surface area contributed by atoms with E-state index in [2.05, 4.69) is 49.6 Å². The molecule has 0 saturated carbocycles. The van der Waals surface area contributed by atoms with Crippen LogP contribution in [0.4, 0.5) is 5.00 Å². The van der Waals surface area contributed by atoms with Crippen molar-refractivity contribution in [3.05, 3.63) is 57.5 Å². The maximum absolute atomic E-state index is 12.2. The molecular formula is C23H25N3OS2. The third-order valence-electron chi connectivity index (χ3n) is 5.12. The predicted octanol–water partition coefficient (Wildman–Crippen LogP) is 5.39. The first-order chi connectivity index (χ1) is 13.9. The molecule has 2 aromatic rings. The lowest BCUT2D eigenvalue weighted by molar-refractivity contribution is -0.115. The molecule has 4 nitrogen and oxygen atoms in total. The highest BCUT2D eigenvalue weighted by Gasteiger charge is 2.24. The molecule has 150 valence electrons. The first kappa shape index (κ1) is 21.2. The van der Waals surface area contributed by atoms with Crippen molar-refractivity contribution in [2.24, 2.45) is 5.92 Å². The Labute approximate surface area is 181 Å². The van der Waals surface area contributed by atoms with Crippen molar-refractivity contribution >= 4 is 45.7 Å². The van der Waals surface area contributed by atoms with Gasteiger partial charge in [-0.05, 0) is 66.1 Å². The van der Waals surface area contributed by atoms with Gasteiger partial charge >= 0.3 is 0 Å². The van der Waals surface area contributed by atoms with Gasteiger partial charge in [0.25, 0.3) is 0 Å². The zero-order valence-corrected chi connectivity index (χ0v) is 18.5. The minimum atomic E-state index is -0.302. The summed E-state index contributed by atoms with van der Waals surface area (Å²) in [5, 5.41) is 16.2. The van der Waals surface area contributed by atoms with E-state index in [1.54, 1.807) is 17.4 Å². The van der Waals surface area contributed by atoms with Gasteiger partial charge < -0.3 is 5.32 Å². The molecule has 0 bridgehead atoms. The molecule has 0 radical (unpaired) electrons. The number of thiophene rings is 1. The number of nitrogens with zero attached hydrogens (tertiary/aromatic N) is 1. The molecular weight excluding hydrogens is 398 g/mol. The van der Waals surface area contributed by atoms with Crippen LogP contribution in [-0.4, -0.2) is 11.0 Å². The Bertz CT molecular complexity index is 981. The Morgan fingerprint density at radius 2 is 2.07 bits per heavy atom. The van der Waals surface area contributed by atoms with Gasteiger partial charge in [-0.3, -0.25) is 10.1 Å². The summed E-state index contributed by atoms with van der Waals surface area (Å²) in [6, 6.07) is 10.4. The molecule has 1 atom stereocenters. The van der Waals surface area contributed by atoms with Crippen LogP contribution in [0.3, 0.4) is 0 Å². The normalized spacial score (nSPS) is 15.8. The van der Waals surface area contributed by atoms with Crippen LogP contribution in [-0.2, 0) is 17.6 Å². The summed E-state index contributed by atoms with van der Waals surface area (Å²) < 4.78 is 0. The molecule has 1 aromatic carbocycles. The lowest BCUT2D eigenvalue weighted by Gasteiger charge is -2.17. The van der Waals surface area contributed by atoms with E-state index in [0.29, 0.717) is 17.4 Å². The third kappa shape index (κ3) is 5.31. The second-order valence-corrected chi connectivity index (χ2v) is 9.28. The maximum atomic E-state index is 12.2. The smallest absolute Gasteiger partial charge is 0.250 e. The van der Waals surface area contributed by atoms with Crippen LogP contribution < -0.4 is 10.6 Å². The number of carbonyl (C=O) groups is 1. The van der Waals surface area contributed by atoms with Crippen molar-refractivity contribution in [3.8, 4) is 6.07 Å². The fourth-order valence-electron chi connectivity index (χ4n) is 3.41. The number of fused-ring (bicyclic) bond motifs is 1. The van der Waals surface area contributed by atoms with Crippen molar-refractivity contribution in [2.45, 2.75) is 46.0 Å². The Morgan fingerprint density at radius 3 is 2.72 bits per heavy atom. The van der Waals surface area contributed by atoms with E-state index in [1.807, 2.05) is 12.1 Å². The molecule has 0 aliphatic heterocycles. The second kappa shape index (κ2) is 9.34. The zero-order chi connectivity index (χ0) is 21.0. The lowest BCUT2D eigenvalue weighted by Crippen LogP contribution is -2.32. The molecule has 1 aromatic heterocycles. The van der Waals surface area contributed by atoms with Gasteiger partial charge in [-0.2, -0.15) is 5.26 Å². The monoisotopic (exact) mass is 423 g/mol. The van der Waals surface area contributed by atoms with E-state index < -0.39 is 0 Å². The van der Waals surface area contributed by atoms with Crippen LogP contribution in [0.15, 0.2) is 30.3 Å². The zero-order valence-electron chi connectivity index (χ0n) is 16.9. The first-order valence-corrected chi connectivity index (χ1v) is 11.0. The van der Waals surface area contributed by atoms with E-state index in [9.17, 15) is 10.1 Å². The Kier molecular flexibility index (Phi) is 6.83. The number of hydrogen-bond donors (Lipinski definition) is 2. The SMILES string of the molecule is CC(C)c1ccc(/C=C/C(=O)NC(=S)Nc2sc3c(c2C#N)CC[C@H](C)C3)cc1. The average molecular weight is 424 g/mol. The molecule has 6 heteroatoms. The summed E-state index contributed by atoms with van der Waals surface area (Å²) in [5.74, 6) is 0.806. The average Bonchev–Trinajstić information content (AvgIpc) is 3.02. The van der Waals surface area contributed by atoms with E-state index in [4.69, 9.17) is 12.2 Å². The molecule has 2 N–H and O–H groups in total. The van der Waals surface area contributed by atoms with Gasteiger partial charge in [-0.1, -0.05) is 45.0 Å². The molecule has 1 amide bonds. The van der Waals surface area contributed by atoms with Crippen molar-refractivity contribution < 1.29 is 4.79 Å². The summed E-state index contributed by atoms with van der Waals surface area (Å²) in [7, 11) is 0. The fraction of sp³-hybridized carbons (Fsp3) is 0.348. The van der Waals surface area contributed by atoms with Crippen LogP contribution in [0.1, 0.15) is 60.2 Å². The van der Waals surface area contributed by atoms with Gasteiger partial charge in [0.05, 0.1) is 5.56 Å². The third-order valence-corrected chi connectivity index (χ3v) is 6.49. The van der Waals surface area contributed by atoms with Crippen LogP contribution in [0.2, 0.25) is 0 Å². The van der Waals surface area contributed by atoms with Crippen molar-refractivity contribution in [1.29, 1.82) is 5.26 Å². The molecule has 29 heavy (non-hydrogen) atoms. The summed E-state index contributed by atoms with van der Waals surface area (Å²) in [6.07, 6.45) is 6.24. The Morgan fingerprint density at radius 1 is 1.34 bits per heavy atom. The number of hydrogen-bond acceptors (Lipinski definition) is 4. The van der Waals surface area contributed by atoms with Crippen LogP contribution in [0.5, 0.6) is 0 Å². The van der Waals surface area contributed by atoms with Crippen LogP contribution in [0, 0.1) is 17.2 Å². The fourth-order valence-corrected chi connectivity index (χ4v) is 5.04. The van der Waals surface area contributed by atoms with E-state index in [-0.39, 0.29) is 11.0 Å². The number of carbonyl (C=O) groups excluding carboxylic acids is 1. The molecule has 1 aliphatic rings. The molecule has 0 spiro atoms. The highest BCUT2D eigenvalue weighted by molar-refractivity contribution is 7.80. The minimum Gasteiger partial charge on any atom is -0.323 e. The molecule has 1 aliphatic carbocycles. The molecule has 1 heterocycles. The van der Waals surface area contributed by atoms with Crippen LogP contribution in [0.25, 0.3) is 6.08 Å². The summed E-state index contributed by atoms with van der Waals surface area (Å²) in [5.41, 5.74) is 4.01. The summed E-state index contributed by atoms with van der Waals surface area (Å²) >= 11 is 6.85. The largest absolute Gasteiger partial charge is 0.323 e. The van der Waals surface area contributed by atoms with Crippen LogP contribution >= 0.6 is 23.6 Å². The van der Waals surface area contributed by atoms with Gasteiger partial charge in [-0.25, -0.2) is 0 Å². The quantitative estimate of drug-likeness (QED) is 0.511. The number of amides is 1. The number of nitrogens with one attached hydrogen (secondary N) is 2. The minimum absolute atomic E-state index is 0.206. The highest BCUT2D eigenvalue weighted by Crippen LogP contribution is 2.39. The lowest BCUT2D eigenvalue weighted by atomic mass is 9.89. The number of anilines is 1. The van der Waals surface area contributed by atoms with Gasteiger partial charge in [0.15, 0.2) is 5.11 Å². The van der Waals surface area contributed by atoms with Gasteiger partial charge in [-0.15, -0.1) is 11.3 Å². The number of rotatable bonds is 4. The van der Waals surface area contributed by atoms with Crippen molar-refractivity contribution in [3.63, 3.8) is 0 Å². The van der Waals surface area contributed by atoms with Gasteiger partial charge in [0, 0.05) is 11.0 Å². The van der Waals surface area contributed by atoms with E-state index >= 15 is 0 Å². The van der Waals surface area contributed by atoms with E-state index in [1.165, 1.54) is 16.5 Å². The molecule has 0 saturated heterocycles. The topological polar surface area (TPSA) is 64.9 Å².